The van der Waals surface area contributed by atoms with E-state index in [-0.39, 0.29) is 6.42 Å². The van der Waals surface area contributed by atoms with Gasteiger partial charge in [-0.25, -0.2) is 0 Å². The van der Waals surface area contributed by atoms with Gasteiger partial charge in [-0.3, -0.25) is 10.1 Å². The lowest BCUT2D eigenvalue weighted by molar-refractivity contribution is -0.385. The molecule has 0 aliphatic carbocycles. The molecule has 0 aliphatic heterocycles. The van der Waals surface area contributed by atoms with Crippen LogP contribution in [-0.4, -0.2) is 22.0 Å². The van der Waals surface area contributed by atoms with Gasteiger partial charge < -0.3 is 20.7 Å². The Labute approximate surface area is 90.3 Å². The van der Waals surface area contributed by atoms with Crippen LogP contribution in [0.15, 0.2) is 18.2 Å². The third kappa shape index (κ3) is 2.67. The van der Waals surface area contributed by atoms with Crippen LogP contribution in [-0.2, 0) is 11.2 Å². The van der Waals surface area contributed by atoms with E-state index in [4.69, 9.17) is 10.8 Å². The standard InChI is InChI=1S/C9H10N2O5/c10-6(9(13)14)3-5-1-2-8(12)7(4-5)11(15)16/h1-2,4,6,12H,3,10H2,(H,13,14)/p-1. The van der Waals surface area contributed by atoms with E-state index in [1.807, 2.05) is 0 Å². The van der Waals surface area contributed by atoms with Crippen LogP contribution in [0.4, 0.5) is 5.69 Å². The molecule has 1 rings (SSSR count). The summed E-state index contributed by atoms with van der Waals surface area (Å²) in [6.07, 6.45) is -0.0938. The molecule has 7 heteroatoms. The molecule has 0 radical (unpaired) electrons. The smallest absolute Gasteiger partial charge is 0.310 e. The van der Waals surface area contributed by atoms with Crippen molar-refractivity contribution in [1.29, 1.82) is 0 Å². The second kappa shape index (κ2) is 4.58. The van der Waals surface area contributed by atoms with Crippen molar-refractivity contribution in [3.05, 3.63) is 33.9 Å². The van der Waals surface area contributed by atoms with Crippen LogP contribution in [0.1, 0.15) is 5.56 Å². The molecule has 0 aliphatic rings. The Bertz CT molecular complexity index is 432. The van der Waals surface area contributed by atoms with Crippen LogP contribution < -0.4 is 10.8 Å². The summed E-state index contributed by atoms with van der Waals surface area (Å²) in [5.41, 5.74) is 5.08. The summed E-state index contributed by atoms with van der Waals surface area (Å²) in [5, 5.41) is 30.0. The van der Waals surface area contributed by atoms with E-state index in [0.717, 1.165) is 12.1 Å². The summed E-state index contributed by atoms with van der Waals surface area (Å²) in [6.45, 7) is 0. The van der Waals surface area contributed by atoms with Crippen molar-refractivity contribution in [3.63, 3.8) is 0 Å². The zero-order valence-electron chi connectivity index (χ0n) is 8.12. The molecule has 0 fully saturated rings. The van der Waals surface area contributed by atoms with Gasteiger partial charge in [0.2, 0.25) is 0 Å². The quantitative estimate of drug-likeness (QED) is 0.495. The minimum atomic E-state index is -1.43. The second-order valence-electron chi connectivity index (χ2n) is 3.21. The van der Waals surface area contributed by atoms with Gasteiger partial charge >= 0.3 is 5.69 Å². The lowest BCUT2D eigenvalue weighted by atomic mass is 10.1. The number of aliphatic carboxylic acids is 1. The molecule has 1 unspecified atom stereocenters. The van der Waals surface area contributed by atoms with Gasteiger partial charge in [0.25, 0.3) is 0 Å². The average Bonchev–Trinajstić information content (AvgIpc) is 2.20. The highest BCUT2D eigenvalue weighted by atomic mass is 16.6. The molecule has 0 amide bonds. The van der Waals surface area contributed by atoms with Gasteiger partial charge in [0.05, 0.1) is 10.9 Å². The highest BCUT2D eigenvalue weighted by Crippen LogP contribution is 2.26. The number of carboxylic acid groups (broad SMARTS) is 1. The number of carboxylic acids is 1. The Kier molecular flexibility index (Phi) is 3.41. The van der Waals surface area contributed by atoms with Crippen molar-refractivity contribution in [3.8, 4) is 5.75 Å². The summed E-state index contributed by atoms with van der Waals surface area (Å²) >= 11 is 0. The SMILES string of the molecule is NC(Cc1ccc(O)c([N+](=O)[O-])c1)C(=O)[O-]. The number of nitro benzene ring substituents is 1. The third-order valence-corrected chi connectivity index (χ3v) is 1.99. The maximum atomic E-state index is 10.5. The normalized spacial score (nSPS) is 12.1. The van der Waals surface area contributed by atoms with Crippen LogP contribution in [0.3, 0.4) is 0 Å². The van der Waals surface area contributed by atoms with E-state index in [1.54, 1.807) is 0 Å². The molecule has 0 spiro atoms. The Morgan fingerprint density at radius 3 is 2.69 bits per heavy atom. The highest BCUT2D eigenvalue weighted by Gasteiger charge is 2.15. The van der Waals surface area contributed by atoms with E-state index in [2.05, 4.69) is 0 Å². The number of carbonyl (C=O) groups is 1. The first kappa shape index (κ1) is 11.9. The first-order valence-corrected chi connectivity index (χ1v) is 4.34. The Hall–Kier alpha value is -2.15. The molecule has 1 aromatic carbocycles. The predicted octanol–water partition coefficient (Wildman–Crippen LogP) is -1.08. The van der Waals surface area contributed by atoms with E-state index in [9.17, 15) is 20.0 Å². The fourth-order valence-electron chi connectivity index (χ4n) is 1.18. The van der Waals surface area contributed by atoms with Gasteiger partial charge in [-0.2, -0.15) is 0 Å². The van der Waals surface area contributed by atoms with E-state index in [0.29, 0.717) is 5.56 Å². The van der Waals surface area contributed by atoms with Crippen molar-refractivity contribution in [2.45, 2.75) is 12.5 Å². The Morgan fingerprint density at radius 1 is 1.56 bits per heavy atom. The Morgan fingerprint density at radius 2 is 2.19 bits per heavy atom. The first-order valence-electron chi connectivity index (χ1n) is 4.34. The van der Waals surface area contributed by atoms with Crippen LogP contribution in [0.2, 0.25) is 0 Å². The average molecular weight is 225 g/mol. The zero-order valence-corrected chi connectivity index (χ0v) is 8.12. The number of rotatable bonds is 4. The molecule has 0 saturated heterocycles. The second-order valence-corrected chi connectivity index (χ2v) is 3.21. The molecule has 0 aromatic heterocycles. The highest BCUT2D eigenvalue weighted by molar-refractivity contribution is 5.71. The molecule has 16 heavy (non-hydrogen) atoms. The van der Waals surface area contributed by atoms with E-state index in [1.165, 1.54) is 6.07 Å². The van der Waals surface area contributed by atoms with E-state index >= 15 is 0 Å². The van der Waals surface area contributed by atoms with Gasteiger partial charge in [0.15, 0.2) is 5.75 Å². The molecule has 3 N–H and O–H groups in total. The largest absolute Gasteiger partial charge is 0.548 e. The number of benzene rings is 1. The maximum absolute atomic E-state index is 10.5. The predicted molar refractivity (Wildman–Crippen MR) is 51.4 cm³/mol. The molecule has 7 nitrogen and oxygen atoms in total. The van der Waals surface area contributed by atoms with Crippen LogP contribution >= 0.6 is 0 Å². The molecule has 0 heterocycles. The molecular formula is C9H9N2O5-. The monoisotopic (exact) mass is 225 g/mol. The molecule has 0 saturated carbocycles. The molecule has 1 aromatic rings. The number of nitro groups is 1. The minimum absolute atomic E-state index is 0.0938. The number of hydrogen-bond acceptors (Lipinski definition) is 6. The van der Waals surface area contributed by atoms with Crippen molar-refractivity contribution >= 4 is 11.7 Å². The van der Waals surface area contributed by atoms with Crippen molar-refractivity contribution in [2.24, 2.45) is 5.73 Å². The van der Waals surface area contributed by atoms with Gasteiger partial charge in [-0.05, 0) is 18.1 Å². The van der Waals surface area contributed by atoms with Crippen LogP contribution in [0, 0.1) is 10.1 Å². The van der Waals surface area contributed by atoms with Crippen molar-refractivity contribution in [1.82, 2.24) is 0 Å². The number of phenolic OH excluding ortho intramolecular Hbond substituents is 1. The van der Waals surface area contributed by atoms with Crippen LogP contribution in [0.25, 0.3) is 0 Å². The van der Waals surface area contributed by atoms with Crippen molar-refractivity contribution in [2.75, 3.05) is 0 Å². The Balaban J connectivity index is 2.95. The summed E-state index contributed by atoms with van der Waals surface area (Å²) in [5.74, 6) is -1.91. The number of hydrogen-bond donors (Lipinski definition) is 2. The van der Waals surface area contributed by atoms with Gasteiger partial charge in [0, 0.05) is 12.1 Å². The summed E-state index contributed by atoms with van der Waals surface area (Å²) in [4.78, 5) is 20.1. The summed E-state index contributed by atoms with van der Waals surface area (Å²) < 4.78 is 0. The maximum Gasteiger partial charge on any atom is 0.310 e. The number of phenols is 1. The third-order valence-electron chi connectivity index (χ3n) is 1.99. The number of aromatic hydroxyl groups is 1. The lowest BCUT2D eigenvalue weighted by Crippen LogP contribution is -2.43. The first-order chi connectivity index (χ1) is 7.41. The van der Waals surface area contributed by atoms with Gasteiger partial charge in [0.1, 0.15) is 0 Å². The number of nitrogens with two attached hydrogens (primary N) is 1. The van der Waals surface area contributed by atoms with E-state index < -0.39 is 28.4 Å². The topological polar surface area (TPSA) is 130 Å². The fourth-order valence-corrected chi connectivity index (χ4v) is 1.18. The van der Waals surface area contributed by atoms with Gasteiger partial charge in [-0.1, -0.05) is 6.07 Å². The number of nitrogens with zero attached hydrogens (tertiary/aromatic N) is 1. The molecule has 86 valence electrons. The van der Waals surface area contributed by atoms with Crippen molar-refractivity contribution < 1.29 is 19.9 Å². The molecule has 0 bridgehead atoms. The number of carbonyl (C=O) groups excluding carboxylic acids is 1. The zero-order chi connectivity index (χ0) is 12.3. The molecular weight excluding hydrogens is 216 g/mol. The lowest BCUT2D eigenvalue weighted by Gasteiger charge is -2.12. The summed E-state index contributed by atoms with van der Waals surface area (Å²) in [7, 11) is 0. The fraction of sp³-hybridized carbons (Fsp3) is 0.222. The van der Waals surface area contributed by atoms with Crippen LogP contribution in [0.5, 0.6) is 5.75 Å². The summed E-state index contributed by atoms with van der Waals surface area (Å²) in [6, 6.07) is 2.34. The van der Waals surface area contributed by atoms with Gasteiger partial charge in [-0.15, -0.1) is 0 Å². The molecule has 1 atom stereocenters. The minimum Gasteiger partial charge on any atom is -0.548 e.